The van der Waals surface area contributed by atoms with Crippen molar-refractivity contribution < 1.29 is 14.5 Å². The van der Waals surface area contributed by atoms with E-state index in [0.29, 0.717) is 3.57 Å². The molecule has 0 aliphatic carbocycles. The Morgan fingerprint density at radius 1 is 1.56 bits per heavy atom. The molecule has 1 aromatic rings. The Bertz CT molecular complexity index is 445. The molecule has 0 fully saturated rings. The molecule has 0 aliphatic rings. The number of carbonyl (C=O) groups is 1. The summed E-state index contributed by atoms with van der Waals surface area (Å²) in [6.07, 6.45) is 0. The van der Waals surface area contributed by atoms with Gasteiger partial charge in [-0.2, -0.15) is 0 Å². The molecule has 0 saturated heterocycles. The van der Waals surface area contributed by atoms with Crippen molar-refractivity contribution in [2.75, 3.05) is 6.61 Å². The highest BCUT2D eigenvalue weighted by atomic mass is 127. The van der Waals surface area contributed by atoms with Crippen LogP contribution in [-0.4, -0.2) is 17.3 Å². The fraction of sp³-hybridized carbons (Fsp3) is 0.300. The molecular weight excluding hydrogens is 325 g/mol. The second-order valence-electron chi connectivity index (χ2n) is 3.02. The molecule has 0 radical (unpaired) electrons. The quantitative estimate of drug-likeness (QED) is 0.367. The van der Waals surface area contributed by atoms with Gasteiger partial charge in [-0.25, -0.2) is 0 Å². The molecule has 16 heavy (non-hydrogen) atoms. The summed E-state index contributed by atoms with van der Waals surface area (Å²) in [5, 5.41) is 10.8. The van der Waals surface area contributed by atoms with Gasteiger partial charge in [0.05, 0.1) is 17.1 Å². The molecule has 0 atom stereocenters. The minimum atomic E-state index is -0.548. The average Bonchev–Trinajstić information content (AvgIpc) is 2.17. The molecule has 0 bridgehead atoms. The summed E-state index contributed by atoms with van der Waals surface area (Å²) in [6, 6.07) is 2.89. The number of hydrogen-bond acceptors (Lipinski definition) is 4. The third kappa shape index (κ3) is 2.49. The van der Waals surface area contributed by atoms with Gasteiger partial charge in [0.1, 0.15) is 0 Å². The monoisotopic (exact) mass is 335 g/mol. The molecule has 0 heterocycles. The number of benzene rings is 1. The number of hydrogen-bond donors (Lipinski definition) is 0. The van der Waals surface area contributed by atoms with Gasteiger partial charge >= 0.3 is 5.69 Å². The number of nitrogens with zero attached hydrogens (tertiary/aromatic N) is 1. The topological polar surface area (TPSA) is 69.4 Å². The van der Waals surface area contributed by atoms with E-state index in [9.17, 15) is 14.9 Å². The van der Waals surface area contributed by atoms with Crippen molar-refractivity contribution in [3.05, 3.63) is 31.4 Å². The van der Waals surface area contributed by atoms with Gasteiger partial charge in [0.2, 0.25) is 5.75 Å². The molecule has 0 aliphatic heterocycles. The van der Waals surface area contributed by atoms with Crippen molar-refractivity contribution in [1.82, 2.24) is 0 Å². The molecule has 0 aromatic heterocycles. The first-order valence-electron chi connectivity index (χ1n) is 4.59. The SMILES string of the molecule is CCOc1c([N+](=O)[O-])ccc(I)c1C(C)=O. The molecule has 6 heteroatoms. The van der Waals surface area contributed by atoms with E-state index in [4.69, 9.17) is 4.74 Å². The van der Waals surface area contributed by atoms with E-state index in [0.717, 1.165) is 0 Å². The molecule has 5 nitrogen and oxygen atoms in total. The lowest BCUT2D eigenvalue weighted by Crippen LogP contribution is -2.06. The molecule has 0 amide bonds. The normalized spacial score (nSPS) is 9.94. The van der Waals surface area contributed by atoms with E-state index in [1.54, 1.807) is 6.92 Å². The Labute approximate surface area is 106 Å². The highest BCUT2D eigenvalue weighted by molar-refractivity contribution is 14.1. The van der Waals surface area contributed by atoms with Crippen LogP contribution in [0.25, 0.3) is 0 Å². The van der Waals surface area contributed by atoms with Gasteiger partial charge in [-0.1, -0.05) is 0 Å². The highest BCUT2D eigenvalue weighted by Gasteiger charge is 2.23. The van der Waals surface area contributed by atoms with Crippen molar-refractivity contribution in [3.63, 3.8) is 0 Å². The molecule has 0 saturated carbocycles. The summed E-state index contributed by atoms with van der Waals surface area (Å²) in [5.41, 5.74) is 0.101. The summed E-state index contributed by atoms with van der Waals surface area (Å²) in [6.45, 7) is 3.36. The molecular formula is C10H10INO4. The van der Waals surface area contributed by atoms with E-state index in [-0.39, 0.29) is 29.4 Å². The summed E-state index contributed by atoms with van der Waals surface area (Å²) in [5.74, 6) is -0.177. The summed E-state index contributed by atoms with van der Waals surface area (Å²) in [4.78, 5) is 21.7. The third-order valence-corrected chi connectivity index (χ3v) is 2.82. The number of nitro benzene ring substituents is 1. The second kappa shape index (κ2) is 5.24. The van der Waals surface area contributed by atoms with Gasteiger partial charge in [-0.05, 0) is 42.5 Å². The van der Waals surface area contributed by atoms with Crippen LogP contribution in [-0.2, 0) is 0 Å². The number of nitro groups is 1. The Hall–Kier alpha value is -1.18. The van der Waals surface area contributed by atoms with Crippen LogP contribution in [0.4, 0.5) is 5.69 Å². The zero-order valence-corrected chi connectivity index (χ0v) is 11.0. The number of ether oxygens (including phenoxy) is 1. The summed E-state index contributed by atoms with van der Waals surface area (Å²) < 4.78 is 5.86. The van der Waals surface area contributed by atoms with Crippen LogP contribution < -0.4 is 4.74 Å². The lowest BCUT2D eigenvalue weighted by atomic mass is 10.1. The number of ketones is 1. The van der Waals surface area contributed by atoms with Crippen molar-refractivity contribution in [3.8, 4) is 5.75 Å². The van der Waals surface area contributed by atoms with E-state index in [1.165, 1.54) is 19.1 Å². The van der Waals surface area contributed by atoms with Crippen LogP contribution in [0.2, 0.25) is 0 Å². The molecule has 0 spiro atoms. The van der Waals surface area contributed by atoms with E-state index >= 15 is 0 Å². The van der Waals surface area contributed by atoms with Crippen LogP contribution in [0.5, 0.6) is 5.75 Å². The standard InChI is InChI=1S/C10H10INO4/c1-3-16-10-8(12(14)15)5-4-7(11)9(10)6(2)13/h4-5H,3H2,1-2H3. The van der Waals surface area contributed by atoms with Crippen LogP contribution in [0.3, 0.4) is 0 Å². The van der Waals surface area contributed by atoms with Crippen LogP contribution in [0, 0.1) is 13.7 Å². The van der Waals surface area contributed by atoms with E-state index < -0.39 is 4.92 Å². The van der Waals surface area contributed by atoms with Crippen molar-refractivity contribution in [1.29, 1.82) is 0 Å². The molecule has 0 N–H and O–H groups in total. The van der Waals surface area contributed by atoms with Gasteiger partial charge < -0.3 is 4.74 Å². The first kappa shape index (κ1) is 12.9. The smallest absolute Gasteiger partial charge is 0.311 e. The molecule has 1 rings (SSSR count). The zero-order chi connectivity index (χ0) is 12.3. The molecule has 1 aromatic carbocycles. The van der Waals surface area contributed by atoms with Gasteiger partial charge in [0, 0.05) is 9.64 Å². The zero-order valence-electron chi connectivity index (χ0n) is 8.82. The Morgan fingerprint density at radius 2 is 2.19 bits per heavy atom. The summed E-state index contributed by atoms with van der Waals surface area (Å²) >= 11 is 1.96. The summed E-state index contributed by atoms with van der Waals surface area (Å²) in [7, 11) is 0. The predicted molar refractivity (Wildman–Crippen MR) is 67.0 cm³/mol. The van der Waals surface area contributed by atoms with Crippen LogP contribution in [0.15, 0.2) is 12.1 Å². The molecule has 86 valence electrons. The third-order valence-electron chi connectivity index (χ3n) is 1.92. The predicted octanol–water partition coefficient (Wildman–Crippen LogP) is 2.80. The first-order chi connectivity index (χ1) is 7.49. The lowest BCUT2D eigenvalue weighted by molar-refractivity contribution is -0.385. The fourth-order valence-corrected chi connectivity index (χ4v) is 2.11. The van der Waals surface area contributed by atoms with Gasteiger partial charge in [0.25, 0.3) is 0 Å². The Kier molecular flexibility index (Phi) is 4.22. The van der Waals surface area contributed by atoms with Gasteiger partial charge in [-0.15, -0.1) is 0 Å². The number of carbonyl (C=O) groups excluding carboxylic acids is 1. The van der Waals surface area contributed by atoms with Crippen molar-refractivity contribution in [2.24, 2.45) is 0 Å². The second-order valence-corrected chi connectivity index (χ2v) is 4.18. The van der Waals surface area contributed by atoms with Crippen LogP contribution >= 0.6 is 22.6 Å². The first-order valence-corrected chi connectivity index (χ1v) is 5.67. The van der Waals surface area contributed by atoms with Crippen LogP contribution in [0.1, 0.15) is 24.2 Å². The number of Topliss-reactive ketones (excluding diaryl/α,β-unsaturated/α-hetero) is 1. The minimum Gasteiger partial charge on any atom is -0.487 e. The Morgan fingerprint density at radius 3 is 2.62 bits per heavy atom. The van der Waals surface area contributed by atoms with E-state index in [1.807, 2.05) is 22.6 Å². The van der Waals surface area contributed by atoms with Gasteiger partial charge in [-0.3, -0.25) is 14.9 Å². The van der Waals surface area contributed by atoms with Crippen molar-refractivity contribution in [2.45, 2.75) is 13.8 Å². The van der Waals surface area contributed by atoms with Crippen molar-refractivity contribution >= 4 is 34.1 Å². The number of rotatable bonds is 4. The lowest BCUT2D eigenvalue weighted by Gasteiger charge is -2.09. The maximum Gasteiger partial charge on any atom is 0.311 e. The fourth-order valence-electron chi connectivity index (χ4n) is 1.31. The largest absolute Gasteiger partial charge is 0.487 e. The highest BCUT2D eigenvalue weighted by Crippen LogP contribution is 2.34. The van der Waals surface area contributed by atoms with E-state index in [2.05, 4.69) is 0 Å². The average molecular weight is 335 g/mol. The minimum absolute atomic E-state index is 0.0619. The van der Waals surface area contributed by atoms with Gasteiger partial charge in [0.15, 0.2) is 5.78 Å². The Balaban J connectivity index is 3.49. The molecule has 0 unspecified atom stereocenters. The maximum absolute atomic E-state index is 11.4. The number of halogens is 1. The maximum atomic E-state index is 11.4.